The Morgan fingerprint density at radius 2 is 1.93 bits per heavy atom. The lowest BCUT2D eigenvalue weighted by Crippen LogP contribution is -2.03. The first kappa shape index (κ1) is 20.7. The number of rotatable bonds is 5. The molecule has 2 aromatic heterocycles. The second-order valence-electron chi connectivity index (χ2n) is 5.81. The topological polar surface area (TPSA) is 69.9 Å². The molecule has 2 heterocycles. The Balaban J connectivity index is 1.31. The number of thiophene rings is 1. The zero-order valence-electron chi connectivity index (χ0n) is 15.2. The zero-order chi connectivity index (χ0) is 20.9. The zero-order valence-corrected chi connectivity index (χ0v) is 18.4. The third-order valence-corrected chi connectivity index (χ3v) is 6.62. The Morgan fingerprint density at radius 1 is 1.13 bits per heavy atom. The highest BCUT2D eigenvalue weighted by atomic mass is 35.5. The number of tetrazole rings is 1. The van der Waals surface area contributed by atoms with Crippen molar-refractivity contribution in [1.82, 2.24) is 20.2 Å². The van der Waals surface area contributed by atoms with Crippen LogP contribution < -0.4 is 0 Å². The van der Waals surface area contributed by atoms with Crippen molar-refractivity contribution in [3.63, 3.8) is 0 Å². The van der Waals surface area contributed by atoms with Crippen LogP contribution in [0.2, 0.25) is 10.0 Å². The van der Waals surface area contributed by atoms with Gasteiger partial charge in [-0.3, -0.25) is 0 Å². The van der Waals surface area contributed by atoms with E-state index in [0.29, 0.717) is 25.8 Å². The van der Waals surface area contributed by atoms with Crippen LogP contribution in [0.4, 0.5) is 0 Å². The number of thioether (sulfide) groups is 1. The molecular weight excluding hydrogens is 463 g/mol. The molecule has 150 valence electrons. The van der Waals surface area contributed by atoms with Crippen molar-refractivity contribution >= 4 is 62.4 Å². The number of halogens is 2. The first-order valence-corrected chi connectivity index (χ1v) is 11.2. The molecule has 6 nitrogen and oxygen atoms in total. The lowest BCUT2D eigenvalue weighted by Gasteiger charge is -2.02. The van der Waals surface area contributed by atoms with Crippen LogP contribution in [0.5, 0.6) is 0 Å². The minimum Gasteiger partial charge on any atom is -0.448 e. The van der Waals surface area contributed by atoms with Gasteiger partial charge < -0.3 is 4.74 Å². The van der Waals surface area contributed by atoms with Gasteiger partial charge in [0, 0.05) is 15.1 Å². The minimum atomic E-state index is -0.477. The smallest absolute Gasteiger partial charge is 0.350 e. The van der Waals surface area contributed by atoms with Crippen molar-refractivity contribution in [2.45, 2.75) is 5.16 Å². The number of nitrogens with zero attached hydrogens (tertiary/aromatic N) is 4. The Morgan fingerprint density at radius 3 is 2.73 bits per heavy atom. The number of aromatic nitrogens is 4. The molecule has 10 heteroatoms. The van der Waals surface area contributed by atoms with Crippen LogP contribution >= 0.6 is 46.3 Å². The summed E-state index contributed by atoms with van der Waals surface area (Å²) in [5.74, 6) is 5.72. The molecule has 0 fully saturated rings. The van der Waals surface area contributed by atoms with Crippen LogP contribution in [0.15, 0.2) is 53.7 Å². The van der Waals surface area contributed by atoms with E-state index >= 15 is 0 Å². The van der Waals surface area contributed by atoms with Gasteiger partial charge in [-0.05, 0) is 40.8 Å². The molecule has 0 atom stereocenters. The Kier molecular flexibility index (Phi) is 6.55. The van der Waals surface area contributed by atoms with Crippen LogP contribution in [0.3, 0.4) is 0 Å². The quantitative estimate of drug-likeness (QED) is 0.226. The van der Waals surface area contributed by atoms with E-state index in [-0.39, 0.29) is 6.61 Å². The van der Waals surface area contributed by atoms with Crippen LogP contribution in [0.25, 0.3) is 15.8 Å². The maximum atomic E-state index is 12.3. The summed E-state index contributed by atoms with van der Waals surface area (Å²) >= 11 is 14.9. The second kappa shape index (κ2) is 9.49. The first-order valence-electron chi connectivity index (χ1n) is 8.60. The summed E-state index contributed by atoms with van der Waals surface area (Å²) in [6.45, 7) is -0.0217. The summed E-state index contributed by atoms with van der Waals surface area (Å²) in [7, 11) is 0. The fourth-order valence-electron chi connectivity index (χ4n) is 2.53. The molecule has 0 saturated heterocycles. The number of hydrogen-bond donors (Lipinski definition) is 0. The number of fused-ring (bicyclic) bond motifs is 1. The van der Waals surface area contributed by atoms with Gasteiger partial charge in [-0.1, -0.05) is 65.0 Å². The minimum absolute atomic E-state index is 0.0217. The molecule has 0 N–H and O–H groups in total. The summed E-state index contributed by atoms with van der Waals surface area (Å²) in [4.78, 5) is 12.7. The van der Waals surface area contributed by atoms with Crippen LogP contribution in [0, 0.1) is 11.8 Å². The highest BCUT2D eigenvalue weighted by molar-refractivity contribution is 7.99. The highest BCUT2D eigenvalue weighted by Crippen LogP contribution is 2.35. The lowest BCUT2D eigenvalue weighted by molar-refractivity contribution is 0.0562. The highest BCUT2D eigenvalue weighted by Gasteiger charge is 2.17. The molecule has 0 aliphatic rings. The van der Waals surface area contributed by atoms with E-state index in [0.717, 1.165) is 15.8 Å². The standard InChI is InChI=1S/C20H12Cl2N4O2S2/c21-13-7-9-14(10-8-13)26-20(23-24-25-26)29-12-4-3-11-28-19(27)18-17(22)15-5-1-2-6-16(15)30-18/h1-2,5-10H,11-12H2. The van der Waals surface area contributed by atoms with E-state index in [1.807, 2.05) is 36.4 Å². The van der Waals surface area contributed by atoms with Crippen molar-refractivity contribution in [2.24, 2.45) is 0 Å². The van der Waals surface area contributed by atoms with Crippen molar-refractivity contribution in [3.8, 4) is 17.5 Å². The molecule has 30 heavy (non-hydrogen) atoms. The molecule has 0 saturated carbocycles. The molecule has 0 aliphatic carbocycles. The average Bonchev–Trinajstić information content (AvgIpc) is 3.36. The van der Waals surface area contributed by atoms with Gasteiger partial charge in [0.1, 0.15) is 4.88 Å². The van der Waals surface area contributed by atoms with E-state index < -0.39 is 5.97 Å². The predicted octanol–water partition coefficient (Wildman–Crippen LogP) is 5.14. The fourth-order valence-corrected chi connectivity index (χ4v) is 4.72. The maximum Gasteiger partial charge on any atom is 0.350 e. The monoisotopic (exact) mass is 474 g/mol. The van der Waals surface area contributed by atoms with Crippen molar-refractivity contribution in [1.29, 1.82) is 0 Å². The summed E-state index contributed by atoms with van der Waals surface area (Å²) < 4.78 is 7.77. The molecule has 0 bridgehead atoms. The van der Waals surface area contributed by atoms with Gasteiger partial charge in [0.05, 0.1) is 16.5 Å². The molecular formula is C20H12Cl2N4O2S2. The maximum absolute atomic E-state index is 12.3. The van der Waals surface area contributed by atoms with E-state index in [1.165, 1.54) is 23.1 Å². The van der Waals surface area contributed by atoms with Gasteiger partial charge in [-0.2, -0.15) is 4.68 Å². The molecule has 4 rings (SSSR count). The third kappa shape index (κ3) is 4.60. The van der Waals surface area contributed by atoms with Gasteiger partial charge >= 0.3 is 5.97 Å². The van der Waals surface area contributed by atoms with Gasteiger partial charge in [0.25, 0.3) is 0 Å². The van der Waals surface area contributed by atoms with Crippen molar-refractivity contribution in [3.05, 3.63) is 63.5 Å². The molecule has 0 aliphatic heterocycles. The largest absolute Gasteiger partial charge is 0.448 e. The number of carbonyl (C=O) groups excluding carboxylic acids is 1. The molecule has 0 radical (unpaired) electrons. The van der Waals surface area contributed by atoms with E-state index in [9.17, 15) is 4.79 Å². The number of hydrogen-bond acceptors (Lipinski definition) is 7. The van der Waals surface area contributed by atoms with Gasteiger partial charge in [0.15, 0.2) is 6.61 Å². The summed E-state index contributed by atoms with van der Waals surface area (Å²) in [5.41, 5.74) is 0.800. The van der Waals surface area contributed by atoms with Crippen molar-refractivity contribution in [2.75, 3.05) is 12.4 Å². The van der Waals surface area contributed by atoms with Crippen LogP contribution in [0.1, 0.15) is 9.67 Å². The fraction of sp³-hybridized carbons (Fsp3) is 0.100. The Bertz CT molecular complexity index is 1260. The molecule has 0 spiro atoms. The van der Waals surface area contributed by atoms with Gasteiger partial charge in [-0.25, -0.2) is 4.79 Å². The number of carbonyl (C=O) groups is 1. The summed E-state index contributed by atoms with van der Waals surface area (Å²) in [6.07, 6.45) is 0. The molecule has 0 unspecified atom stereocenters. The van der Waals surface area contributed by atoms with Crippen LogP contribution in [-0.2, 0) is 4.74 Å². The van der Waals surface area contributed by atoms with Crippen LogP contribution in [-0.4, -0.2) is 38.5 Å². The SMILES string of the molecule is O=C(OCC#CCSc1nnnn1-c1ccc(Cl)cc1)c1sc2ccccc2c1Cl. The summed E-state index contributed by atoms with van der Waals surface area (Å²) in [5, 5.41) is 14.2. The van der Waals surface area contributed by atoms with Gasteiger partial charge in [-0.15, -0.1) is 16.4 Å². The summed E-state index contributed by atoms with van der Waals surface area (Å²) in [6, 6.07) is 14.8. The van der Waals surface area contributed by atoms with Gasteiger partial charge in [0.2, 0.25) is 5.16 Å². The number of benzene rings is 2. The second-order valence-corrected chi connectivity index (χ2v) is 8.62. The molecule has 2 aromatic carbocycles. The van der Waals surface area contributed by atoms with E-state index in [2.05, 4.69) is 27.4 Å². The first-order chi connectivity index (χ1) is 14.6. The molecule has 0 amide bonds. The van der Waals surface area contributed by atoms with E-state index in [4.69, 9.17) is 27.9 Å². The predicted molar refractivity (Wildman–Crippen MR) is 120 cm³/mol. The van der Waals surface area contributed by atoms with Crippen molar-refractivity contribution < 1.29 is 9.53 Å². The van der Waals surface area contributed by atoms with E-state index in [1.54, 1.807) is 16.8 Å². The Labute approximate surface area is 190 Å². The number of esters is 1. The normalized spacial score (nSPS) is 10.6. The Hall–Kier alpha value is -2.57. The molecule has 4 aromatic rings. The third-order valence-electron chi connectivity index (χ3n) is 3.91. The average molecular weight is 475 g/mol. The number of ether oxygens (including phenoxy) is 1. The lowest BCUT2D eigenvalue weighted by atomic mass is 10.2.